The highest BCUT2D eigenvalue weighted by atomic mass is 127. The molecule has 3 aromatic carbocycles. The molecule has 9 heteroatoms. The summed E-state index contributed by atoms with van der Waals surface area (Å²) in [5.74, 6) is 2.56. The molecule has 2 heterocycles. The molecule has 0 bridgehead atoms. The molecule has 0 fully saturated rings. The van der Waals surface area contributed by atoms with Gasteiger partial charge in [0.15, 0.2) is 4.80 Å². The molecule has 0 amide bonds. The number of fused-ring (bicyclic) bond motifs is 1. The number of thiazole rings is 1. The maximum absolute atomic E-state index is 14.1. The number of benzene rings is 3. The van der Waals surface area contributed by atoms with E-state index >= 15 is 0 Å². The molecule has 200 valence electrons. The third-order valence-corrected chi connectivity index (χ3v) is 8.35. The SMILES string of the molecule is C#CCOc1c(I)cc(Br)cc1/C=c1\sc2n(c1=O)[C@H](c1ccccc1)C(C(=O)OCC)=C(c1ccccc1)N=2. The summed E-state index contributed by atoms with van der Waals surface area (Å²) < 4.78 is 15.0. The fraction of sp³-hybridized carbons (Fsp3) is 0.129. The van der Waals surface area contributed by atoms with Crippen LogP contribution in [0.15, 0.2) is 92.6 Å². The quantitative estimate of drug-likeness (QED) is 0.147. The molecule has 0 aliphatic carbocycles. The Bertz CT molecular complexity index is 1840. The highest BCUT2D eigenvalue weighted by Crippen LogP contribution is 2.35. The normalized spacial score (nSPS) is 14.8. The predicted octanol–water partition coefficient (Wildman–Crippen LogP) is 5.31. The highest BCUT2D eigenvalue weighted by molar-refractivity contribution is 14.1. The molecule has 0 spiro atoms. The van der Waals surface area contributed by atoms with Crippen molar-refractivity contribution < 1.29 is 14.3 Å². The Balaban J connectivity index is 1.82. The lowest BCUT2D eigenvalue weighted by atomic mass is 9.93. The first-order valence-electron chi connectivity index (χ1n) is 12.3. The number of carbonyl (C=O) groups excluding carboxylic acids is 1. The van der Waals surface area contributed by atoms with Crippen molar-refractivity contribution in [2.24, 2.45) is 4.99 Å². The minimum atomic E-state index is -0.728. The van der Waals surface area contributed by atoms with Gasteiger partial charge in [-0.15, -0.1) is 6.42 Å². The second kappa shape index (κ2) is 12.4. The van der Waals surface area contributed by atoms with E-state index in [9.17, 15) is 9.59 Å². The number of hydrogen-bond acceptors (Lipinski definition) is 6. The van der Waals surface area contributed by atoms with Crippen LogP contribution >= 0.6 is 49.9 Å². The number of carbonyl (C=O) groups is 1. The summed E-state index contributed by atoms with van der Waals surface area (Å²) in [7, 11) is 0. The number of halogens is 2. The van der Waals surface area contributed by atoms with Gasteiger partial charge < -0.3 is 9.47 Å². The van der Waals surface area contributed by atoms with E-state index in [4.69, 9.17) is 20.9 Å². The van der Waals surface area contributed by atoms with Gasteiger partial charge in [0.1, 0.15) is 12.4 Å². The average molecular weight is 725 g/mol. The van der Waals surface area contributed by atoms with Crippen molar-refractivity contribution in [2.75, 3.05) is 13.2 Å². The lowest BCUT2D eigenvalue weighted by Crippen LogP contribution is -2.40. The van der Waals surface area contributed by atoms with Crippen molar-refractivity contribution in [3.8, 4) is 18.1 Å². The van der Waals surface area contributed by atoms with Gasteiger partial charge >= 0.3 is 5.97 Å². The van der Waals surface area contributed by atoms with Crippen LogP contribution < -0.4 is 19.6 Å². The van der Waals surface area contributed by atoms with Crippen LogP contribution in [0.3, 0.4) is 0 Å². The van der Waals surface area contributed by atoms with Gasteiger partial charge in [-0.05, 0) is 53.3 Å². The van der Waals surface area contributed by atoms with E-state index in [1.54, 1.807) is 17.6 Å². The molecule has 40 heavy (non-hydrogen) atoms. The zero-order valence-electron chi connectivity index (χ0n) is 21.3. The summed E-state index contributed by atoms with van der Waals surface area (Å²) in [6.45, 7) is 2.04. The molecule has 6 nitrogen and oxygen atoms in total. The van der Waals surface area contributed by atoms with E-state index < -0.39 is 12.0 Å². The number of rotatable bonds is 7. The summed E-state index contributed by atoms with van der Waals surface area (Å²) in [4.78, 5) is 33.0. The Morgan fingerprint density at radius 2 is 1.88 bits per heavy atom. The van der Waals surface area contributed by atoms with Gasteiger partial charge in [-0.3, -0.25) is 9.36 Å². The molecule has 0 radical (unpaired) electrons. The summed E-state index contributed by atoms with van der Waals surface area (Å²) in [5.41, 5.74) is 2.75. The van der Waals surface area contributed by atoms with Gasteiger partial charge in [0.25, 0.3) is 5.56 Å². The van der Waals surface area contributed by atoms with Crippen molar-refractivity contribution in [1.29, 1.82) is 0 Å². The van der Waals surface area contributed by atoms with Crippen molar-refractivity contribution in [2.45, 2.75) is 13.0 Å². The van der Waals surface area contributed by atoms with Crippen LogP contribution in [0.4, 0.5) is 0 Å². The molecule has 0 N–H and O–H groups in total. The average Bonchev–Trinajstić information content (AvgIpc) is 3.27. The van der Waals surface area contributed by atoms with Crippen LogP contribution in [0.2, 0.25) is 0 Å². The van der Waals surface area contributed by atoms with Gasteiger partial charge in [0.2, 0.25) is 0 Å². The summed E-state index contributed by atoms with van der Waals surface area (Å²) in [6.07, 6.45) is 7.22. The highest BCUT2D eigenvalue weighted by Gasteiger charge is 2.35. The van der Waals surface area contributed by atoms with Gasteiger partial charge in [-0.2, -0.15) is 0 Å². The van der Waals surface area contributed by atoms with Crippen LogP contribution in [0.25, 0.3) is 11.8 Å². The minimum absolute atomic E-state index is 0.0943. The smallest absolute Gasteiger partial charge is 0.338 e. The van der Waals surface area contributed by atoms with Gasteiger partial charge in [0, 0.05) is 15.6 Å². The first-order valence-corrected chi connectivity index (χ1v) is 15.0. The van der Waals surface area contributed by atoms with E-state index in [0.29, 0.717) is 31.9 Å². The zero-order chi connectivity index (χ0) is 28.2. The topological polar surface area (TPSA) is 69.9 Å². The molecule has 0 saturated carbocycles. The van der Waals surface area contributed by atoms with E-state index in [-0.39, 0.29) is 18.8 Å². The van der Waals surface area contributed by atoms with Crippen LogP contribution in [0.1, 0.15) is 29.7 Å². The fourth-order valence-corrected chi connectivity index (χ4v) is 7.18. The van der Waals surface area contributed by atoms with Crippen molar-refractivity contribution in [3.05, 3.63) is 123 Å². The molecular weight excluding hydrogens is 703 g/mol. The molecular formula is C31H22BrIN2O4S. The van der Waals surface area contributed by atoms with E-state index in [0.717, 1.165) is 19.2 Å². The molecule has 0 saturated heterocycles. The maximum Gasteiger partial charge on any atom is 0.338 e. The number of nitrogens with zero attached hydrogens (tertiary/aromatic N) is 2. The molecule has 1 aliphatic heterocycles. The second-order valence-electron chi connectivity index (χ2n) is 8.64. The standard InChI is InChI=1S/C31H22BrIN2O4S/c1-3-15-39-28-21(16-22(32)18-23(28)33)17-24-29(36)35-27(20-13-9-6-10-14-20)25(30(37)38-4-2)26(34-31(35)40-24)19-11-7-5-8-12-19/h1,5-14,16-18,27H,4,15H2,2H3/b24-17-/t27-/m1/s1. The first-order chi connectivity index (χ1) is 19.4. The number of hydrogen-bond donors (Lipinski definition) is 0. The van der Waals surface area contributed by atoms with E-state index in [2.05, 4.69) is 44.4 Å². The Kier molecular flexibility index (Phi) is 8.69. The fourth-order valence-electron chi connectivity index (χ4n) is 4.49. The van der Waals surface area contributed by atoms with E-state index in [1.165, 1.54) is 11.3 Å². The number of ether oxygens (including phenoxy) is 2. The first kappa shape index (κ1) is 28.1. The Hall–Kier alpha value is -3.46. The minimum Gasteiger partial charge on any atom is -0.479 e. The number of terminal acetylenes is 1. The Morgan fingerprint density at radius 1 is 1.18 bits per heavy atom. The molecule has 4 aromatic rings. The number of aromatic nitrogens is 1. The predicted molar refractivity (Wildman–Crippen MR) is 169 cm³/mol. The third kappa shape index (κ3) is 5.57. The van der Waals surface area contributed by atoms with Crippen molar-refractivity contribution >= 4 is 67.6 Å². The molecule has 1 aromatic heterocycles. The van der Waals surface area contributed by atoms with Gasteiger partial charge in [-0.25, -0.2) is 9.79 Å². The Labute approximate surface area is 257 Å². The monoisotopic (exact) mass is 724 g/mol. The van der Waals surface area contributed by atoms with Crippen molar-refractivity contribution in [1.82, 2.24) is 4.57 Å². The van der Waals surface area contributed by atoms with Crippen LogP contribution in [0.5, 0.6) is 5.75 Å². The Morgan fingerprint density at radius 3 is 2.55 bits per heavy atom. The van der Waals surface area contributed by atoms with Gasteiger partial charge in [-0.1, -0.05) is 93.9 Å². The third-order valence-electron chi connectivity index (χ3n) is 6.11. The largest absolute Gasteiger partial charge is 0.479 e. The van der Waals surface area contributed by atoms with E-state index in [1.807, 2.05) is 72.8 Å². The summed E-state index contributed by atoms with van der Waals surface area (Å²) >= 11 is 6.97. The zero-order valence-corrected chi connectivity index (χ0v) is 25.8. The van der Waals surface area contributed by atoms with Gasteiger partial charge in [0.05, 0.1) is 32.0 Å². The molecule has 5 rings (SSSR count). The van der Waals surface area contributed by atoms with Crippen LogP contribution in [0, 0.1) is 15.9 Å². The van der Waals surface area contributed by atoms with Crippen LogP contribution in [-0.2, 0) is 9.53 Å². The summed E-state index contributed by atoms with van der Waals surface area (Å²) in [6, 6.07) is 22.0. The lowest BCUT2D eigenvalue weighted by Gasteiger charge is -2.25. The molecule has 0 unspecified atom stereocenters. The summed E-state index contributed by atoms with van der Waals surface area (Å²) in [5, 5.41) is 0. The molecule has 1 aliphatic rings. The van der Waals surface area contributed by atoms with Crippen LogP contribution in [-0.4, -0.2) is 23.8 Å². The number of esters is 1. The maximum atomic E-state index is 14.1. The molecule has 1 atom stereocenters. The lowest BCUT2D eigenvalue weighted by molar-refractivity contribution is -0.138. The second-order valence-corrected chi connectivity index (χ2v) is 11.7. The van der Waals surface area contributed by atoms with Crippen molar-refractivity contribution in [3.63, 3.8) is 0 Å².